The summed E-state index contributed by atoms with van der Waals surface area (Å²) >= 11 is 0. The number of carbonyl (C=O) groups is 2. The SMILES string of the molecule is CCN(CC)CCN(OC(=O)C(F)(F)F)C(=O)c1ccc(Nc2cncc(-c3cc4ccccc4[nH]3)n2)c(OC)c1. The van der Waals surface area contributed by atoms with E-state index in [2.05, 4.69) is 25.1 Å². The summed E-state index contributed by atoms with van der Waals surface area (Å²) in [4.78, 5) is 43.2. The Kier molecular flexibility index (Phi) is 9.07. The van der Waals surface area contributed by atoms with Crippen LogP contribution in [-0.4, -0.2) is 76.3 Å². The maximum Gasteiger partial charge on any atom is 0.493 e. The molecule has 0 atom stereocenters. The van der Waals surface area contributed by atoms with E-state index in [1.807, 2.05) is 49.1 Å². The summed E-state index contributed by atoms with van der Waals surface area (Å²) in [6, 6.07) is 14.0. The second-order valence-corrected chi connectivity index (χ2v) is 8.91. The fraction of sp³-hybridized carbons (Fsp3) is 0.286. The monoisotopic (exact) mass is 570 g/mol. The predicted molar refractivity (Wildman–Crippen MR) is 147 cm³/mol. The van der Waals surface area contributed by atoms with Crippen LogP contribution < -0.4 is 10.1 Å². The highest BCUT2D eigenvalue weighted by molar-refractivity contribution is 5.95. The highest BCUT2D eigenvalue weighted by Crippen LogP contribution is 2.30. The van der Waals surface area contributed by atoms with E-state index in [9.17, 15) is 22.8 Å². The van der Waals surface area contributed by atoms with E-state index in [0.29, 0.717) is 35.4 Å². The van der Waals surface area contributed by atoms with Crippen LogP contribution in [0.2, 0.25) is 0 Å². The zero-order chi connectivity index (χ0) is 29.6. The number of hydrogen-bond acceptors (Lipinski definition) is 8. The fourth-order valence-corrected chi connectivity index (χ4v) is 4.09. The van der Waals surface area contributed by atoms with Crippen molar-refractivity contribution in [1.82, 2.24) is 24.9 Å². The molecule has 1 amide bonds. The van der Waals surface area contributed by atoms with Gasteiger partial charge in [-0.15, -0.1) is 0 Å². The molecular weight excluding hydrogens is 541 g/mol. The first-order valence-corrected chi connectivity index (χ1v) is 12.8. The number of methoxy groups -OCH3 is 1. The molecule has 0 aliphatic carbocycles. The number of aromatic nitrogens is 3. The summed E-state index contributed by atoms with van der Waals surface area (Å²) in [6.07, 6.45) is -2.14. The number of amides is 1. The summed E-state index contributed by atoms with van der Waals surface area (Å²) in [6.45, 7) is 4.88. The third-order valence-electron chi connectivity index (χ3n) is 6.32. The van der Waals surface area contributed by atoms with Crippen LogP contribution in [0, 0.1) is 0 Å². The van der Waals surface area contributed by atoms with Gasteiger partial charge in [0, 0.05) is 23.0 Å². The maximum atomic E-state index is 13.2. The van der Waals surface area contributed by atoms with Crippen LogP contribution in [0.3, 0.4) is 0 Å². The average Bonchev–Trinajstić information content (AvgIpc) is 3.41. The third-order valence-corrected chi connectivity index (χ3v) is 6.32. The molecule has 2 N–H and O–H groups in total. The van der Waals surface area contributed by atoms with Crippen LogP contribution in [0.25, 0.3) is 22.3 Å². The molecule has 10 nitrogen and oxygen atoms in total. The largest absolute Gasteiger partial charge is 0.495 e. The summed E-state index contributed by atoms with van der Waals surface area (Å²) in [5.41, 5.74) is 2.70. The number of carbonyl (C=O) groups excluding carboxylic acids is 2. The first-order chi connectivity index (χ1) is 19.6. The number of anilines is 2. The van der Waals surface area contributed by atoms with Crippen molar-refractivity contribution in [3.05, 3.63) is 66.5 Å². The molecule has 2 aromatic carbocycles. The van der Waals surface area contributed by atoms with Gasteiger partial charge in [-0.3, -0.25) is 9.78 Å². The number of ether oxygens (including phenoxy) is 1. The molecular formula is C28H29F3N6O4. The lowest BCUT2D eigenvalue weighted by molar-refractivity contribution is -0.228. The number of nitrogens with zero attached hydrogens (tertiary/aromatic N) is 4. The minimum atomic E-state index is -5.26. The van der Waals surface area contributed by atoms with Gasteiger partial charge in [0.25, 0.3) is 5.91 Å². The van der Waals surface area contributed by atoms with E-state index in [-0.39, 0.29) is 24.4 Å². The molecule has 0 unspecified atom stereocenters. The van der Waals surface area contributed by atoms with Crippen molar-refractivity contribution >= 4 is 34.3 Å². The summed E-state index contributed by atoms with van der Waals surface area (Å²) in [7, 11) is 1.38. The molecule has 0 spiro atoms. The van der Waals surface area contributed by atoms with E-state index in [1.165, 1.54) is 31.5 Å². The fourth-order valence-electron chi connectivity index (χ4n) is 4.09. The van der Waals surface area contributed by atoms with Crippen molar-refractivity contribution < 1.29 is 32.3 Å². The summed E-state index contributed by atoms with van der Waals surface area (Å²) in [5, 5.41) is 4.54. The molecule has 2 aromatic heterocycles. The van der Waals surface area contributed by atoms with Gasteiger partial charge in [-0.1, -0.05) is 32.0 Å². The van der Waals surface area contributed by atoms with Gasteiger partial charge in [-0.25, -0.2) is 9.78 Å². The van der Waals surface area contributed by atoms with Crippen LogP contribution in [-0.2, 0) is 9.63 Å². The first kappa shape index (κ1) is 29.3. The Morgan fingerprint density at radius 2 is 1.78 bits per heavy atom. The highest BCUT2D eigenvalue weighted by atomic mass is 19.4. The van der Waals surface area contributed by atoms with Gasteiger partial charge in [0.2, 0.25) is 0 Å². The van der Waals surface area contributed by atoms with Crippen LogP contribution in [0.4, 0.5) is 24.7 Å². The van der Waals surface area contributed by atoms with E-state index in [0.717, 1.165) is 16.6 Å². The number of alkyl halides is 3. The Morgan fingerprint density at radius 1 is 1.02 bits per heavy atom. The molecule has 2 heterocycles. The maximum absolute atomic E-state index is 13.2. The number of nitrogens with one attached hydrogen (secondary N) is 2. The number of fused-ring (bicyclic) bond motifs is 1. The lowest BCUT2D eigenvalue weighted by atomic mass is 10.1. The molecule has 4 rings (SSSR count). The van der Waals surface area contributed by atoms with Gasteiger partial charge in [-0.2, -0.15) is 18.2 Å². The van der Waals surface area contributed by atoms with Gasteiger partial charge in [0.1, 0.15) is 17.3 Å². The Bertz CT molecular complexity index is 1490. The number of H-pyrrole nitrogens is 1. The minimum Gasteiger partial charge on any atom is -0.495 e. The molecule has 0 saturated heterocycles. The van der Waals surface area contributed by atoms with Crippen LogP contribution in [0.1, 0.15) is 24.2 Å². The Morgan fingerprint density at radius 3 is 2.46 bits per heavy atom. The number of hydrogen-bond donors (Lipinski definition) is 2. The molecule has 216 valence electrons. The second-order valence-electron chi connectivity index (χ2n) is 8.91. The average molecular weight is 571 g/mol. The molecule has 0 radical (unpaired) electrons. The molecule has 0 saturated carbocycles. The van der Waals surface area contributed by atoms with Gasteiger partial charge >= 0.3 is 12.1 Å². The lowest BCUT2D eigenvalue weighted by Gasteiger charge is -2.25. The van der Waals surface area contributed by atoms with E-state index >= 15 is 0 Å². The number of benzene rings is 2. The molecule has 0 bridgehead atoms. The van der Waals surface area contributed by atoms with Crippen molar-refractivity contribution in [2.24, 2.45) is 0 Å². The number of aromatic amines is 1. The molecule has 0 fully saturated rings. The predicted octanol–water partition coefficient (Wildman–Crippen LogP) is 5.18. The van der Waals surface area contributed by atoms with Crippen molar-refractivity contribution in [2.45, 2.75) is 20.0 Å². The normalized spacial score (nSPS) is 11.5. The van der Waals surface area contributed by atoms with Crippen LogP contribution in [0.5, 0.6) is 5.75 Å². The van der Waals surface area contributed by atoms with Crippen LogP contribution in [0.15, 0.2) is 60.9 Å². The Labute approximate surface area is 234 Å². The molecule has 13 heteroatoms. The van der Waals surface area contributed by atoms with Gasteiger partial charge < -0.3 is 24.8 Å². The Hall–Kier alpha value is -4.65. The number of para-hydroxylation sites is 1. The molecule has 0 aliphatic heterocycles. The standard InChI is InChI=1S/C28H29F3N6O4/c1-4-36(5-2)12-13-37(41-27(39)28(29,30)31)26(38)19-10-11-21(24(15-19)40-3)34-25-17-32-16-23(35-25)22-14-18-8-6-7-9-20(18)33-22/h6-11,14-17,33H,4-5,12-13H2,1-3H3,(H,34,35). The van der Waals surface area contributed by atoms with E-state index in [1.54, 1.807) is 6.20 Å². The van der Waals surface area contributed by atoms with Crippen molar-refractivity contribution in [2.75, 3.05) is 38.6 Å². The number of rotatable bonds is 10. The van der Waals surface area contributed by atoms with Crippen molar-refractivity contribution in [1.29, 1.82) is 0 Å². The molecule has 4 aromatic rings. The van der Waals surface area contributed by atoms with E-state index in [4.69, 9.17) is 4.74 Å². The lowest BCUT2D eigenvalue weighted by Crippen LogP contribution is -2.42. The van der Waals surface area contributed by atoms with Gasteiger partial charge in [0.15, 0.2) is 0 Å². The summed E-state index contributed by atoms with van der Waals surface area (Å²) < 4.78 is 44.2. The first-order valence-electron chi connectivity index (χ1n) is 12.8. The van der Waals surface area contributed by atoms with Gasteiger partial charge in [0.05, 0.1) is 37.4 Å². The van der Waals surface area contributed by atoms with E-state index < -0.39 is 18.1 Å². The van der Waals surface area contributed by atoms with Crippen molar-refractivity contribution in [3.8, 4) is 17.1 Å². The Balaban J connectivity index is 1.55. The number of likely N-dealkylation sites (N-methyl/N-ethyl adjacent to an activating group) is 1. The minimum absolute atomic E-state index is 0.0418. The van der Waals surface area contributed by atoms with Gasteiger partial charge in [-0.05, 0) is 43.4 Å². The molecule has 41 heavy (non-hydrogen) atoms. The topological polar surface area (TPSA) is 113 Å². The molecule has 0 aliphatic rings. The number of hydroxylamine groups is 2. The highest BCUT2D eigenvalue weighted by Gasteiger charge is 2.43. The third kappa shape index (κ3) is 7.11. The zero-order valence-electron chi connectivity index (χ0n) is 22.7. The van der Waals surface area contributed by atoms with Crippen molar-refractivity contribution in [3.63, 3.8) is 0 Å². The quantitative estimate of drug-likeness (QED) is 0.251. The summed E-state index contributed by atoms with van der Waals surface area (Å²) in [5.74, 6) is -2.82. The van der Waals surface area contributed by atoms with Crippen LogP contribution >= 0.6 is 0 Å². The smallest absolute Gasteiger partial charge is 0.493 e. The number of halogens is 3. The zero-order valence-corrected chi connectivity index (χ0v) is 22.7. The second kappa shape index (κ2) is 12.7.